The molecule has 0 atom stereocenters. The van der Waals surface area contributed by atoms with E-state index < -0.39 is 5.41 Å². The van der Waals surface area contributed by atoms with E-state index in [0.717, 1.165) is 55.6 Å². The number of nitrogens with zero attached hydrogens (tertiary/aromatic N) is 4. The third kappa shape index (κ3) is 5.55. The van der Waals surface area contributed by atoms with Crippen LogP contribution in [-0.2, 0) is 5.41 Å². The van der Waals surface area contributed by atoms with Crippen molar-refractivity contribution in [1.29, 1.82) is 0 Å². The summed E-state index contributed by atoms with van der Waals surface area (Å²) < 4.78 is 6.48. The summed E-state index contributed by atoms with van der Waals surface area (Å²) in [5.41, 5.74) is 14.0. The summed E-state index contributed by atoms with van der Waals surface area (Å²) >= 11 is 0. The summed E-state index contributed by atoms with van der Waals surface area (Å²) in [6, 6.07) is 71.7. The van der Waals surface area contributed by atoms with E-state index in [-0.39, 0.29) is 0 Å². The van der Waals surface area contributed by atoms with Gasteiger partial charge >= 0.3 is 0 Å². The summed E-state index contributed by atoms with van der Waals surface area (Å²) in [4.78, 5) is 20.1. The molecule has 0 aliphatic heterocycles. The lowest BCUT2D eigenvalue weighted by molar-refractivity contribution is 0.618. The highest BCUT2D eigenvalue weighted by Gasteiger charge is 2.46. The lowest BCUT2D eigenvalue weighted by Crippen LogP contribution is -2.28. The van der Waals surface area contributed by atoms with Gasteiger partial charge in [0.25, 0.3) is 0 Å². The van der Waals surface area contributed by atoms with Crippen molar-refractivity contribution in [3.05, 3.63) is 229 Å². The number of oxazole rings is 1. The SMILES string of the molecule is c1ccc(-c2cccc(-c3nc(-c4ccccc4)nc(-c4ccc(C5(c6ccc7nc(-c8ccccc8)oc7c6)c6ccccc6-c6ccccc65)cc4)n3)c2)cc1. The Bertz CT molecular complexity index is 3060. The molecule has 0 bridgehead atoms. The Morgan fingerprint density at radius 3 is 1.45 bits per heavy atom. The van der Waals surface area contributed by atoms with Gasteiger partial charge < -0.3 is 4.42 Å². The second kappa shape index (κ2) is 13.8. The maximum absolute atomic E-state index is 6.48. The zero-order valence-electron chi connectivity index (χ0n) is 31.3. The van der Waals surface area contributed by atoms with Crippen LogP contribution in [-0.4, -0.2) is 19.9 Å². The summed E-state index contributed by atoms with van der Waals surface area (Å²) in [5, 5.41) is 0. The number of fused-ring (bicyclic) bond motifs is 4. The minimum Gasteiger partial charge on any atom is -0.436 e. The molecular formula is C53H34N4O. The largest absolute Gasteiger partial charge is 0.436 e. The maximum Gasteiger partial charge on any atom is 0.227 e. The van der Waals surface area contributed by atoms with Crippen LogP contribution >= 0.6 is 0 Å². The molecule has 11 rings (SSSR count). The first-order valence-electron chi connectivity index (χ1n) is 19.5. The van der Waals surface area contributed by atoms with Gasteiger partial charge in [-0.3, -0.25) is 0 Å². The molecule has 0 fully saturated rings. The molecule has 5 nitrogen and oxygen atoms in total. The third-order valence-corrected chi connectivity index (χ3v) is 11.3. The highest BCUT2D eigenvalue weighted by Crippen LogP contribution is 2.56. The Kier molecular flexibility index (Phi) is 7.97. The molecule has 10 aromatic rings. The molecule has 8 aromatic carbocycles. The van der Waals surface area contributed by atoms with Gasteiger partial charge in [0.1, 0.15) is 5.52 Å². The van der Waals surface area contributed by atoms with Crippen molar-refractivity contribution in [2.45, 2.75) is 5.41 Å². The molecule has 2 aromatic heterocycles. The molecule has 0 saturated carbocycles. The lowest BCUT2D eigenvalue weighted by Gasteiger charge is -2.33. The highest BCUT2D eigenvalue weighted by molar-refractivity contribution is 5.88. The van der Waals surface area contributed by atoms with Crippen LogP contribution in [0.15, 0.2) is 211 Å². The van der Waals surface area contributed by atoms with Crippen LogP contribution in [0, 0.1) is 0 Å². The number of rotatable bonds is 7. The molecule has 5 heteroatoms. The molecule has 0 spiro atoms. The van der Waals surface area contributed by atoms with E-state index in [0.29, 0.717) is 23.4 Å². The van der Waals surface area contributed by atoms with Gasteiger partial charge in [0.2, 0.25) is 5.89 Å². The van der Waals surface area contributed by atoms with E-state index >= 15 is 0 Å². The lowest BCUT2D eigenvalue weighted by atomic mass is 9.67. The Labute approximate surface area is 336 Å². The smallest absolute Gasteiger partial charge is 0.227 e. The van der Waals surface area contributed by atoms with Gasteiger partial charge in [0, 0.05) is 22.3 Å². The Morgan fingerprint density at radius 2 is 0.810 bits per heavy atom. The van der Waals surface area contributed by atoms with E-state index in [1.54, 1.807) is 0 Å². The zero-order chi connectivity index (χ0) is 38.5. The molecule has 0 N–H and O–H groups in total. The predicted molar refractivity (Wildman–Crippen MR) is 232 cm³/mol. The standard InChI is InChI=1S/C53H34N4O/c1-4-15-35(16-5-1)39-21-14-22-40(33-39)51-56-49(36-17-6-2-7-18-36)55-50(57-51)37-27-29-41(30-28-37)53(45-25-12-10-23-43(45)44-24-11-13-26-46(44)53)42-31-32-47-48(34-42)58-52(54-47)38-19-8-3-9-20-38/h1-34H. The Hall–Kier alpha value is -7.76. The van der Waals surface area contributed by atoms with E-state index in [4.69, 9.17) is 24.4 Å². The van der Waals surface area contributed by atoms with Crippen molar-refractivity contribution in [2.24, 2.45) is 0 Å². The Morgan fingerprint density at radius 1 is 0.328 bits per heavy atom. The van der Waals surface area contributed by atoms with E-state index in [1.807, 2.05) is 66.7 Å². The average molecular weight is 743 g/mol. The first-order valence-corrected chi connectivity index (χ1v) is 19.5. The van der Waals surface area contributed by atoms with E-state index in [2.05, 4.69) is 140 Å². The van der Waals surface area contributed by atoms with Gasteiger partial charge in [-0.15, -0.1) is 0 Å². The first kappa shape index (κ1) is 33.6. The normalized spacial score (nSPS) is 12.6. The molecule has 0 unspecified atom stereocenters. The molecule has 272 valence electrons. The fourth-order valence-electron chi connectivity index (χ4n) is 8.57. The number of aromatic nitrogens is 4. The fourth-order valence-corrected chi connectivity index (χ4v) is 8.57. The van der Waals surface area contributed by atoms with Crippen molar-refractivity contribution in [3.63, 3.8) is 0 Å². The van der Waals surface area contributed by atoms with Gasteiger partial charge in [-0.1, -0.05) is 176 Å². The van der Waals surface area contributed by atoms with Crippen LogP contribution in [0.2, 0.25) is 0 Å². The fraction of sp³-hybridized carbons (Fsp3) is 0.0189. The number of hydrogen-bond acceptors (Lipinski definition) is 5. The minimum absolute atomic E-state index is 0.608. The average Bonchev–Trinajstić information content (AvgIpc) is 3.88. The van der Waals surface area contributed by atoms with Crippen LogP contribution in [0.4, 0.5) is 0 Å². The molecule has 1 aliphatic carbocycles. The summed E-state index contributed by atoms with van der Waals surface area (Å²) in [5.74, 6) is 2.46. The van der Waals surface area contributed by atoms with Gasteiger partial charge in [-0.25, -0.2) is 19.9 Å². The zero-order valence-corrected chi connectivity index (χ0v) is 31.3. The predicted octanol–water partition coefficient (Wildman–Crippen LogP) is 12.7. The number of benzene rings is 8. The molecule has 1 aliphatic rings. The van der Waals surface area contributed by atoms with E-state index in [1.165, 1.54) is 22.3 Å². The van der Waals surface area contributed by atoms with Crippen LogP contribution in [0.1, 0.15) is 22.3 Å². The van der Waals surface area contributed by atoms with Gasteiger partial charge in [-0.05, 0) is 74.8 Å². The number of hydrogen-bond donors (Lipinski definition) is 0. The van der Waals surface area contributed by atoms with Crippen molar-refractivity contribution >= 4 is 11.1 Å². The van der Waals surface area contributed by atoms with Crippen LogP contribution in [0.5, 0.6) is 0 Å². The van der Waals surface area contributed by atoms with Crippen molar-refractivity contribution in [2.75, 3.05) is 0 Å². The van der Waals surface area contributed by atoms with Crippen LogP contribution in [0.3, 0.4) is 0 Å². The summed E-state index contributed by atoms with van der Waals surface area (Å²) in [6.07, 6.45) is 0. The topological polar surface area (TPSA) is 64.7 Å². The van der Waals surface area contributed by atoms with Crippen LogP contribution in [0.25, 0.3) is 79.0 Å². The molecule has 0 radical (unpaired) electrons. The maximum atomic E-state index is 6.48. The molecule has 58 heavy (non-hydrogen) atoms. The van der Waals surface area contributed by atoms with Gasteiger partial charge in [-0.2, -0.15) is 0 Å². The second-order valence-electron chi connectivity index (χ2n) is 14.6. The molecule has 0 saturated heterocycles. The monoisotopic (exact) mass is 742 g/mol. The van der Waals surface area contributed by atoms with Gasteiger partial charge in [0.15, 0.2) is 23.1 Å². The van der Waals surface area contributed by atoms with Gasteiger partial charge in [0.05, 0.1) is 5.41 Å². The molecule has 2 heterocycles. The second-order valence-corrected chi connectivity index (χ2v) is 14.6. The van der Waals surface area contributed by atoms with Crippen molar-refractivity contribution in [1.82, 2.24) is 19.9 Å². The molecular weight excluding hydrogens is 709 g/mol. The van der Waals surface area contributed by atoms with Crippen molar-refractivity contribution in [3.8, 4) is 67.9 Å². The summed E-state index contributed by atoms with van der Waals surface area (Å²) in [6.45, 7) is 0. The highest BCUT2D eigenvalue weighted by atomic mass is 16.3. The molecule has 0 amide bonds. The van der Waals surface area contributed by atoms with E-state index in [9.17, 15) is 0 Å². The quantitative estimate of drug-likeness (QED) is 0.163. The minimum atomic E-state index is -0.628. The third-order valence-electron chi connectivity index (χ3n) is 11.3. The summed E-state index contributed by atoms with van der Waals surface area (Å²) in [7, 11) is 0. The Balaban J connectivity index is 1.07. The van der Waals surface area contributed by atoms with Crippen molar-refractivity contribution < 1.29 is 4.42 Å². The first-order chi connectivity index (χ1) is 28.7. The van der Waals surface area contributed by atoms with Crippen LogP contribution < -0.4 is 0 Å².